The quantitative estimate of drug-likeness (QED) is 0.631. The molecule has 0 bridgehead atoms. The van der Waals surface area contributed by atoms with Gasteiger partial charge in [0, 0.05) is 22.6 Å². The minimum atomic E-state index is -3.11. The second-order valence-electron chi connectivity index (χ2n) is 7.44. The summed E-state index contributed by atoms with van der Waals surface area (Å²) in [6.45, 7) is 2.73. The van der Waals surface area contributed by atoms with E-state index < -0.39 is 9.84 Å². The summed E-state index contributed by atoms with van der Waals surface area (Å²) >= 11 is 1.37. The number of anilines is 1. The molecular formula is C22H24N2O4S2. The van der Waals surface area contributed by atoms with E-state index in [4.69, 9.17) is 4.74 Å². The Hall–Kier alpha value is -2.32. The fourth-order valence-corrected chi connectivity index (χ4v) is 7.57. The molecule has 0 spiro atoms. The molecule has 1 amide bonds. The Morgan fingerprint density at radius 2 is 1.97 bits per heavy atom. The molecule has 2 aromatic carbocycles. The lowest BCUT2D eigenvalue weighted by molar-refractivity contribution is 0.100. The zero-order valence-corrected chi connectivity index (χ0v) is 18.4. The van der Waals surface area contributed by atoms with Crippen LogP contribution in [0.1, 0.15) is 30.1 Å². The molecule has 0 aromatic heterocycles. The van der Waals surface area contributed by atoms with Crippen LogP contribution in [0.5, 0.6) is 5.75 Å². The van der Waals surface area contributed by atoms with E-state index in [1.165, 1.54) is 11.8 Å². The Morgan fingerprint density at radius 3 is 2.73 bits per heavy atom. The van der Waals surface area contributed by atoms with Crippen molar-refractivity contribution in [3.8, 4) is 5.75 Å². The fraction of sp³-hybridized carbons (Fsp3) is 0.364. The van der Waals surface area contributed by atoms with Gasteiger partial charge in [0.15, 0.2) is 15.0 Å². The summed E-state index contributed by atoms with van der Waals surface area (Å²) in [5, 5.41) is 0.404. The maximum Gasteiger partial charge on any atom is 0.279 e. The van der Waals surface area contributed by atoms with Crippen molar-refractivity contribution in [1.29, 1.82) is 0 Å². The van der Waals surface area contributed by atoms with E-state index in [0.29, 0.717) is 17.3 Å². The molecule has 8 heteroatoms. The van der Waals surface area contributed by atoms with Crippen molar-refractivity contribution in [3.05, 3.63) is 60.2 Å². The topological polar surface area (TPSA) is 76.0 Å². The molecule has 2 fully saturated rings. The van der Waals surface area contributed by atoms with Crippen LogP contribution in [-0.4, -0.2) is 48.9 Å². The van der Waals surface area contributed by atoms with Gasteiger partial charge < -0.3 is 9.64 Å². The van der Waals surface area contributed by atoms with Gasteiger partial charge in [-0.2, -0.15) is 4.99 Å². The molecule has 0 saturated carbocycles. The smallest absolute Gasteiger partial charge is 0.279 e. The summed E-state index contributed by atoms with van der Waals surface area (Å²) in [5.74, 6) is 0.555. The molecule has 4 rings (SSSR count). The van der Waals surface area contributed by atoms with Gasteiger partial charge in [-0.3, -0.25) is 4.79 Å². The van der Waals surface area contributed by atoms with Crippen molar-refractivity contribution in [3.63, 3.8) is 0 Å². The zero-order chi connectivity index (χ0) is 21.1. The number of hydrogen-bond donors (Lipinski definition) is 0. The van der Waals surface area contributed by atoms with Crippen molar-refractivity contribution < 1.29 is 17.9 Å². The van der Waals surface area contributed by atoms with E-state index in [1.54, 1.807) is 24.3 Å². The number of carbonyl (C=O) groups excluding carboxylic acids is 1. The molecule has 0 unspecified atom stereocenters. The number of amides is 1. The zero-order valence-electron chi connectivity index (χ0n) is 16.7. The second-order valence-corrected chi connectivity index (χ2v) is 10.8. The number of sulfone groups is 1. The fourth-order valence-electron chi connectivity index (χ4n) is 3.66. The van der Waals surface area contributed by atoms with E-state index in [0.717, 1.165) is 24.3 Å². The van der Waals surface area contributed by atoms with Crippen LogP contribution in [0.3, 0.4) is 0 Å². The summed E-state index contributed by atoms with van der Waals surface area (Å²) in [6, 6.07) is 16.2. The highest BCUT2D eigenvalue weighted by molar-refractivity contribution is 8.16. The van der Waals surface area contributed by atoms with Crippen molar-refractivity contribution >= 4 is 38.4 Å². The van der Waals surface area contributed by atoms with E-state index in [1.807, 2.05) is 35.2 Å². The van der Waals surface area contributed by atoms with Gasteiger partial charge in [-0.1, -0.05) is 49.4 Å². The number of amidine groups is 1. The largest absolute Gasteiger partial charge is 0.494 e. The molecule has 2 saturated heterocycles. The van der Waals surface area contributed by atoms with Crippen molar-refractivity contribution in [2.75, 3.05) is 23.0 Å². The average Bonchev–Trinajstić information content (AvgIpc) is 3.19. The van der Waals surface area contributed by atoms with Crippen LogP contribution in [0.25, 0.3) is 0 Å². The highest BCUT2D eigenvalue weighted by Gasteiger charge is 2.49. The normalized spacial score (nSPS) is 23.5. The number of ether oxygens (including phenoxy) is 1. The van der Waals surface area contributed by atoms with Crippen LogP contribution in [0.4, 0.5) is 5.69 Å². The number of unbranched alkanes of at least 4 members (excludes halogenated alkanes) is 1. The van der Waals surface area contributed by atoms with E-state index >= 15 is 0 Å². The standard InChI is InChI=1S/C22H24N2O4S2/c1-2-3-12-28-18-11-7-10-17(13-18)24-19-14-30(26,27)15-20(19)29-22(24)23-21(25)16-8-5-4-6-9-16/h4-11,13,19-20H,2-3,12,14-15H2,1H3/t19-,20-/m0/s1. The summed E-state index contributed by atoms with van der Waals surface area (Å²) in [4.78, 5) is 19.0. The summed E-state index contributed by atoms with van der Waals surface area (Å²) in [5.41, 5.74) is 1.30. The molecule has 6 nitrogen and oxygen atoms in total. The number of fused-ring (bicyclic) bond motifs is 1. The average molecular weight is 445 g/mol. The van der Waals surface area contributed by atoms with Gasteiger partial charge in [-0.05, 0) is 30.7 Å². The number of benzene rings is 2. The van der Waals surface area contributed by atoms with Crippen LogP contribution < -0.4 is 9.64 Å². The van der Waals surface area contributed by atoms with Gasteiger partial charge in [0.05, 0.1) is 24.2 Å². The van der Waals surface area contributed by atoms with Crippen LogP contribution in [0.2, 0.25) is 0 Å². The molecule has 0 aliphatic carbocycles. The Balaban J connectivity index is 1.66. The Morgan fingerprint density at radius 1 is 1.17 bits per heavy atom. The molecule has 2 atom stereocenters. The van der Waals surface area contributed by atoms with Crippen molar-refractivity contribution in [2.24, 2.45) is 4.99 Å². The van der Waals surface area contributed by atoms with Crippen LogP contribution >= 0.6 is 11.8 Å². The number of aliphatic imine (C=N–C) groups is 1. The molecule has 158 valence electrons. The van der Waals surface area contributed by atoms with Crippen molar-refractivity contribution in [1.82, 2.24) is 0 Å². The molecule has 2 aliphatic rings. The van der Waals surface area contributed by atoms with Crippen LogP contribution in [-0.2, 0) is 9.84 Å². The number of rotatable bonds is 6. The lowest BCUT2D eigenvalue weighted by Crippen LogP contribution is -2.37. The Labute approximate surface area is 181 Å². The first-order chi connectivity index (χ1) is 14.5. The first-order valence-corrected chi connectivity index (χ1v) is 12.7. The molecule has 2 aliphatic heterocycles. The Bertz CT molecular complexity index is 1050. The molecule has 30 heavy (non-hydrogen) atoms. The lowest BCUT2D eigenvalue weighted by Gasteiger charge is -2.25. The van der Waals surface area contributed by atoms with E-state index in [2.05, 4.69) is 11.9 Å². The van der Waals surface area contributed by atoms with Crippen LogP contribution in [0, 0.1) is 0 Å². The molecular weight excluding hydrogens is 420 g/mol. The summed E-state index contributed by atoms with van der Waals surface area (Å²) in [7, 11) is -3.11. The Kier molecular flexibility index (Phi) is 6.15. The molecule has 2 heterocycles. The minimum absolute atomic E-state index is 0.0597. The predicted molar refractivity (Wildman–Crippen MR) is 121 cm³/mol. The van der Waals surface area contributed by atoms with Crippen molar-refractivity contribution in [2.45, 2.75) is 31.1 Å². The third kappa shape index (κ3) is 4.54. The van der Waals surface area contributed by atoms with E-state index in [9.17, 15) is 13.2 Å². The monoisotopic (exact) mass is 444 g/mol. The number of hydrogen-bond acceptors (Lipinski definition) is 5. The first-order valence-electron chi connectivity index (χ1n) is 10.0. The second kappa shape index (κ2) is 8.81. The summed E-state index contributed by atoms with van der Waals surface area (Å²) in [6.07, 6.45) is 2.01. The number of nitrogens with zero attached hydrogens (tertiary/aromatic N) is 2. The number of carbonyl (C=O) groups is 1. The third-order valence-corrected chi connectivity index (χ3v) is 8.36. The maximum atomic E-state index is 12.7. The third-order valence-electron chi connectivity index (χ3n) is 5.15. The highest BCUT2D eigenvalue weighted by Crippen LogP contribution is 2.41. The van der Waals surface area contributed by atoms with E-state index in [-0.39, 0.29) is 28.7 Å². The lowest BCUT2D eigenvalue weighted by atomic mass is 10.2. The first kappa shape index (κ1) is 20.9. The highest BCUT2D eigenvalue weighted by atomic mass is 32.2. The molecule has 0 N–H and O–H groups in total. The minimum Gasteiger partial charge on any atom is -0.494 e. The van der Waals surface area contributed by atoms with Gasteiger partial charge in [-0.15, -0.1) is 0 Å². The van der Waals surface area contributed by atoms with Gasteiger partial charge >= 0.3 is 0 Å². The van der Waals surface area contributed by atoms with Crippen LogP contribution in [0.15, 0.2) is 59.6 Å². The van der Waals surface area contributed by atoms with Gasteiger partial charge in [0.1, 0.15) is 5.75 Å². The maximum absolute atomic E-state index is 12.7. The molecule has 2 aromatic rings. The SMILES string of the molecule is CCCCOc1cccc(N2C(=NC(=O)c3ccccc3)S[C@H]3CS(=O)(=O)C[C@@H]32)c1. The van der Waals surface area contributed by atoms with Gasteiger partial charge in [0.2, 0.25) is 0 Å². The number of thioether (sulfide) groups is 1. The molecule has 0 radical (unpaired) electrons. The van der Waals surface area contributed by atoms with Gasteiger partial charge in [-0.25, -0.2) is 8.42 Å². The predicted octanol–water partition coefficient (Wildman–Crippen LogP) is 3.78. The van der Waals surface area contributed by atoms with Gasteiger partial charge in [0.25, 0.3) is 5.91 Å². The summed E-state index contributed by atoms with van der Waals surface area (Å²) < 4.78 is 30.3.